The molecule has 0 bridgehead atoms. The molecule has 0 heterocycles. The number of carbonyl (C=O) groups excluding carboxylic acids is 1. The quantitative estimate of drug-likeness (QED) is 0.150. The van der Waals surface area contributed by atoms with Gasteiger partial charge < -0.3 is 54.6 Å². The van der Waals surface area contributed by atoms with Crippen molar-refractivity contribution in [1.29, 1.82) is 0 Å². The van der Waals surface area contributed by atoms with E-state index in [4.69, 9.17) is 4.84 Å². The van der Waals surface area contributed by atoms with Crippen LogP contribution in [0.2, 0.25) is 0 Å². The maximum Gasteiger partial charge on any atom is 0.126 e. The summed E-state index contributed by atoms with van der Waals surface area (Å²) in [5.41, 5.74) is 0.924. The van der Waals surface area contributed by atoms with E-state index < -0.39 is 0 Å². The third kappa shape index (κ3) is 195. The smallest absolute Gasteiger partial charge is 0.126 e. The van der Waals surface area contributed by atoms with Gasteiger partial charge in [-0.25, -0.2) is 5.90 Å². The summed E-state index contributed by atoms with van der Waals surface area (Å²) in [6.45, 7) is 7.84. The van der Waals surface area contributed by atoms with Crippen LogP contribution in [-0.4, -0.2) is 36.2 Å². The van der Waals surface area contributed by atoms with Gasteiger partial charge in [-0.3, -0.25) is 0 Å². The predicted octanol–water partition coefficient (Wildman–Crippen LogP) is 1.87. The summed E-state index contributed by atoms with van der Waals surface area (Å²) in [6, 6.07) is 0. The van der Waals surface area contributed by atoms with E-state index >= 15 is 0 Å². The van der Waals surface area contributed by atoms with Crippen LogP contribution in [0, 0.1) is 14.9 Å². The first-order chi connectivity index (χ1) is 7.92. The van der Waals surface area contributed by atoms with Crippen LogP contribution in [0.15, 0.2) is 5.16 Å². The van der Waals surface area contributed by atoms with Gasteiger partial charge in [-0.2, -0.15) is 5.75 Å². The fraction of sp³-hybridized carbons (Fsp3) is 0.667. The Morgan fingerprint density at radius 1 is 1.00 bits per heavy atom. The Morgan fingerprint density at radius 3 is 1.48 bits per heavy atom. The number of nitrogens with two attached hydrogens (primary N) is 1. The topological polar surface area (TPSA) is 73.9 Å². The number of ketones is 1. The molecule has 0 atom stereocenters. The van der Waals surface area contributed by atoms with E-state index in [1.54, 1.807) is 0 Å². The van der Waals surface area contributed by atoms with Gasteiger partial charge in [0.25, 0.3) is 0 Å². The molecule has 0 radical (unpaired) electrons. The van der Waals surface area contributed by atoms with E-state index in [-0.39, 0.29) is 20.6 Å². The van der Waals surface area contributed by atoms with Gasteiger partial charge in [-0.15, -0.1) is 5.75 Å². The molecular formula is C12H28Db2N2O3S2-4. The van der Waals surface area contributed by atoms with Crippen LogP contribution in [0.5, 0.6) is 0 Å². The Morgan fingerprint density at radius 2 is 1.33 bits per heavy atom. The van der Waals surface area contributed by atoms with Gasteiger partial charge in [0.2, 0.25) is 0 Å². The molecule has 0 rings (SSSR count). The molecule has 5 nitrogen and oxygen atoms in total. The molecule has 0 amide bonds. The number of carbonyl (C=O) groups is 1. The van der Waals surface area contributed by atoms with Crippen molar-refractivity contribution in [2.75, 3.05) is 24.7 Å². The maximum absolute atomic E-state index is 9.44. The number of rotatable bonds is 5. The zero-order valence-corrected chi connectivity index (χ0v) is 28.8. The van der Waals surface area contributed by atoms with Crippen LogP contribution in [0.4, 0.5) is 0 Å². The molecule has 2 N–H and O–H groups in total. The van der Waals surface area contributed by atoms with Crippen molar-refractivity contribution in [3.8, 4) is 0 Å². The summed E-state index contributed by atoms with van der Waals surface area (Å²) in [4.78, 5) is 18.3. The van der Waals surface area contributed by atoms with Crippen LogP contribution in [-0.2, 0) is 39.7 Å². The number of oxime groups is 1. The summed E-state index contributed by atoms with van der Waals surface area (Å²) in [7, 11) is 0. The molecule has 0 aliphatic heterocycles. The molecule has 0 aliphatic rings. The van der Waals surface area contributed by atoms with Crippen LogP contribution >= 0.6 is 0 Å². The normalized spacial score (nSPS) is 6.43. The van der Waals surface area contributed by atoms with Gasteiger partial charge in [0.15, 0.2) is 0 Å². The number of Topliss-reactive ketones (excluding diaryl/α,β-unsaturated/α-hetero) is 1. The SMILES string of the molecule is CC(C)=NOCC[S-].CC(C)=O.NOCC[S-].[CH3-].[CH3-].[Db].[Db]. The number of hydrogen-bond donors (Lipinski definition) is 1. The summed E-state index contributed by atoms with van der Waals surface area (Å²) >= 11 is 9.06. The fourth-order valence-corrected chi connectivity index (χ4v) is 0.431. The Hall–Kier alpha value is -2.24. The molecule has 0 unspecified atom stereocenters. The standard InChI is InChI=1S/C5H11NOS.C3H6O.C2H7NOS.2CH3.2Db/c1-5(2)6-7-3-4-8;1-3(2)4;3-4-1-2-5;;;;/h8H,3-4H2,1-2H3;1-2H3;5H,1-3H2;2*1H3;;/q;;;2*-1;;/p-2. The molecule has 0 fully saturated rings. The van der Waals surface area contributed by atoms with Gasteiger partial charge in [0, 0.05) is 6.61 Å². The van der Waals surface area contributed by atoms with E-state index in [2.05, 4.69) is 41.1 Å². The molecule has 0 saturated heterocycles. The van der Waals surface area contributed by atoms with Crippen molar-refractivity contribution in [2.45, 2.75) is 27.7 Å². The first kappa shape index (κ1) is 42.8. The number of hydrogen-bond acceptors (Lipinski definition) is 7. The maximum atomic E-state index is 9.44. The molecule has 0 aliphatic carbocycles. The molecule has 21 heavy (non-hydrogen) atoms. The van der Waals surface area contributed by atoms with Crippen molar-refractivity contribution >= 4 is 36.8 Å². The molecule has 9 heteroatoms. The van der Waals surface area contributed by atoms with Gasteiger partial charge in [-0.05, 0) is 27.7 Å². The third-order valence-electron chi connectivity index (χ3n) is 0.623. The molecule has 0 aromatic heterocycles. The average molecular weight is 849 g/mol. The van der Waals surface area contributed by atoms with Crippen molar-refractivity contribution in [3.05, 3.63) is 14.9 Å². The van der Waals surface area contributed by atoms with E-state index in [1.165, 1.54) is 13.8 Å². The van der Waals surface area contributed by atoms with Crippen molar-refractivity contribution < 1.29 is 14.5 Å². The van der Waals surface area contributed by atoms with Crippen molar-refractivity contribution in [3.63, 3.8) is 0 Å². The van der Waals surface area contributed by atoms with Gasteiger partial charge in [0.05, 0.1) is 12.3 Å². The zero-order chi connectivity index (χ0) is 14.1. The Bertz CT molecular complexity index is 191. The minimum atomic E-state index is 0. The summed E-state index contributed by atoms with van der Waals surface area (Å²) in [5, 5.41) is 3.66. The summed E-state index contributed by atoms with van der Waals surface area (Å²) in [6.07, 6.45) is 0. The molecule has 0 saturated carbocycles. The molecule has 0 aromatic carbocycles. The average Bonchev–Trinajstić information content (AvgIpc) is 2.19. The second-order valence-electron chi connectivity index (χ2n) is 3.06. The first-order valence-corrected chi connectivity index (χ1v) is 6.16. The predicted molar refractivity (Wildman–Crippen MR) is 88.5 cm³/mol. The van der Waals surface area contributed by atoms with Crippen LogP contribution < -0.4 is 5.90 Å². The third-order valence-corrected chi connectivity index (χ3v) is 0.956. The number of nitrogens with zero attached hydrogens (tertiary/aromatic N) is 1. The van der Waals surface area contributed by atoms with Gasteiger partial charge >= 0.3 is 0 Å². The Kier molecular flexibility index (Phi) is 87.8. The molecular weight excluding hydrogens is 820 g/mol. The minimum absolute atomic E-state index is 0. The van der Waals surface area contributed by atoms with Gasteiger partial charge in [-0.1, -0.05) is 5.16 Å². The second kappa shape index (κ2) is 43.1. The van der Waals surface area contributed by atoms with E-state index in [1.807, 2.05) is 13.8 Å². The second-order valence-corrected chi connectivity index (χ2v) is 3.88. The Labute approximate surface area is 130 Å². The van der Waals surface area contributed by atoms with Crippen molar-refractivity contribution in [2.24, 2.45) is 11.1 Å². The monoisotopic (exact) mass is 848 g/mol. The summed E-state index contributed by atoms with van der Waals surface area (Å²) < 4.78 is 0. The molecule has 0 aromatic rings. The van der Waals surface area contributed by atoms with Crippen LogP contribution in [0.1, 0.15) is 27.7 Å². The largest absolute Gasteiger partial charge is 0.790 e. The Balaban J connectivity index is -0.0000000270. The van der Waals surface area contributed by atoms with Crippen molar-refractivity contribution in [1.82, 2.24) is 0 Å². The first-order valence-electron chi connectivity index (χ1n) is 5.00. The molecule has 0 spiro atoms. The van der Waals surface area contributed by atoms with Crippen LogP contribution in [0.3, 0.4) is 0 Å². The van der Waals surface area contributed by atoms with E-state index in [9.17, 15) is 4.79 Å². The summed E-state index contributed by atoms with van der Waals surface area (Å²) in [5.74, 6) is 5.93. The zero-order valence-electron chi connectivity index (χ0n) is 14.3. The van der Waals surface area contributed by atoms with E-state index in [0.29, 0.717) is 24.7 Å². The fourth-order valence-electron chi connectivity index (χ4n) is 0.260. The van der Waals surface area contributed by atoms with Gasteiger partial charge in [0.1, 0.15) is 5.78 Å². The molecule has 124 valence electrons. The van der Waals surface area contributed by atoms with Crippen LogP contribution in [0.25, 0.3) is 0 Å². The van der Waals surface area contributed by atoms with E-state index in [0.717, 1.165) is 5.71 Å². The minimum Gasteiger partial charge on any atom is -0.790 e.